The van der Waals surface area contributed by atoms with E-state index in [0.717, 1.165) is 4.90 Å². The maximum atomic E-state index is 13.4. The molecule has 2 amide bonds. The fourth-order valence-corrected chi connectivity index (χ4v) is 3.47. The zero-order valence-electron chi connectivity index (χ0n) is 16.7. The predicted molar refractivity (Wildman–Crippen MR) is 117 cm³/mol. The van der Waals surface area contributed by atoms with Crippen LogP contribution < -0.4 is 9.64 Å². The molecule has 1 heterocycles. The Morgan fingerprint density at radius 3 is 2.16 bits per heavy atom. The molecule has 1 aliphatic rings. The lowest BCUT2D eigenvalue weighted by Gasteiger charge is -2.28. The number of anilines is 1. The van der Waals surface area contributed by atoms with E-state index in [0.29, 0.717) is 40.3 Å². The van der Waals surface area contributed by atoms with Crippen LogP contribution in [-0.4, -0.2) is 29.5 Å². The van der Waals surface area contributed by atoms with Gasteiger partial charge in [0.15, 0.2) is 0 Å². The lowest BCUT2D eigenvalue weighted by Crippen LogP contribution is -2.41. The van der Waals surface area contributed by atoms with Crippen LogP contribution in [-0.2, 0) is 4.79 Å². The highest BCUT2D eigenvalue weighted by atomic mass is 16.5. The number of imide groups is 1. The van der Waals surface area contributed by atoms with Crippen LogP contribution in [0.2, 0.25) is 0 Å². The van der Waals surface area contributed by atoms with Gasteiger partial charge in [0.1, 0.15) is 5.75 Å². The number of fused-ring (bicyclic) bond motifs is 1. The summed E-state index contributed by atoms with van der Waals surface area (Å²) in [5.41, 5.74) is 2.58. The van der Waals surface area contributed by atoms with Crippen LogP contribution in [0.25, 0.3) is 11.6 Å². The third-order valence-corrected chi connectivity index (χ3v) is 4.96. The first kappa shape index (κ1) is 20.1. The summed E-state index contributed by atoms with van der Waals surface area (Å²) in [7, 11) is 0. The van der Waals surface area contributed by atoms with E-state index in [1.807, 2.05) is 6.92 Å². The molecule has 0 fully saturated rings. The van der Waals surface area contributed by atoms with Crippen LogP contribution in [0, 0.1) is 0 Å². The number of carbonyl (C=O) groups excluding carboxylic acids is 2. The standard InChI is InChI=1S/C25H19NO5/c1-2-31-19-13-11-18(12-14-19)26-23(27)21-6-4-3-5-20(21)22(24(26)28)15-16-7-9-17(10-8-16)25(29)30/h3-15H,2H2,1H3,(H,29,30)/b22-15-. The largest absolute Gasteiger partial charge is 0.494 e. The van der Waals surface area contributed by atoms with Crippen LogP contribution in [0.5, 0.6) is 5.75 Å². The van der Waals surface area contributed by atoms with Gasteiger partial charge in [-0.25, -0.2) is 9.69 Å². The molecule has 31 heavy (non-hydrogen) atoms. The van der Waals surface area contributed by atoms with E-state index >= 15 is 0 Å². The Labute approximate surface area is 179 Å². The maximum Gasteiger partial charge on any atom is 0.335 e. The van der Waals surface area contributed by atoms with Crippen LogP contribution in [0.1, 0.15) is 38.8 Å². The monoisotopic (exact) mass is 413 g/mol. The Morgan fingerprint density at radius 2 is 1.55 bits per heavy atom. The van der Waals surface area contributed by atoms with Crippen LogP contribution in [0.4, 0.5) is 5.69 Å². The Hall–Kier alpha value is -4.19. The summed E-state index contributed by atoms with van der Waals surface area (Å²) in [6, 6.07) is 19.9. The molecule has 154 valence electrons. The van der Waals surface area contributed by atoms with Crippen molar-refractivity contribution in [2.45, 2.75) is 6.92 Å². The van der Waals surface area contributed by atoms with Crippen molar-refractivity contribution < 1.29 is 24.2 Å². The number of carboxylic acid groups (broad SMARTS) is 1. The summed E-state index contributed by atoms with van der Waals surface area (Å²) in [4.78, 5) is 38.8. The Kier molecular flexibility index (Phi) is 5.37. The van der Waals surface area contributed by atoms with Gasteiger partial charge in [-0.3, -0.25) is 9.59 Å². The van der Waals surface area contributed by atoms with Crippen LogP contribution >= 0.6 is 0 Å². The van der Waals surface area contributed by atoms with E-state index in [1.54, 1.807) is 66.7 Å². The Bertz CT molecular complexity index is 1190. The van der Waals surface area contributed by atoms with Gasteiger partial charge in [0, 0.05) is 11.1 Å². The number of carbonyl (C=O) groups is 3. The van der Waals surface area contributed by atoms with Gasteiger partial charge in [-0.05, 0) is 66.6 Å². The fraction of sp³-hybridized carbons (Fsp3) is 0.0800. The maximum absolute atomic E-state index is 13.4. The number of ether oxygens (including phenoxy) is 1. The quantitative estimate of drug-likeness (QED) is 0.491. The molecule has 1 N–H and O–H groups in total. The van der Waals surface area contributed by atoms with Gasteiger partial charge in [0.2, 0.25) is 0 Å². The Balaban J connectivity index is 1.79. The highest BCUT2D eigenvalue weighted by molar-refractivity contribution is 6.43. The first-order valence-electron chi connectivity index (χ1n) is 9.75. The van der Waals surface area contributed by atoms with Gasteiger partial charge in [-0.2, -0.15) is 0 Å². The molecule has 6 heteroatoms. The highest BCUT2D eigenvalue weighted by Gasteiger charge is 2.35. The lowest BCUT2D eigenvalue weighted by atomic mass is 9.91. The zero-order valence-corrected chi connectivity index (χ0v) is 16.7. The molecule has 3 aromatic carbocycles. The van der Waals surface area contributed by atoms with Gasteiger partial charge in [-0.15, -0.1) is 0 Å². The van der Waals surface area contributed by atoms with Crippen LogP contribution in [0.3, 0.4) is 0 Å². The average molecular weight is 413 g/mol. The van der Waals surface area contributed by atoms with E-state index in [-0.39, 0.29) is 5.56 Å². The van der Waals surface area contributed by atoms with Crippen molar-refractivity contribution in [2.75, 3.05) is 11.5 Å². The van der Waals surface area contributed by atoms with Gasteiger partial charge in [-0.1, -0.05) is 30.3 Å². The van der Waals surface area contributed by atoms with Crippen molar-refractivity contribution in [1.82, 2.24) is 0 Å². The predicted octanol–water partition coefficient (Wildman–Crippen LogP) is 4.51. The minimum Gasteiger partial charge on any atom is -0.494 e. The number of benzene rings is 3. The third-order valence-electron chi connectivity index (χ3n) is 4.96. The second kappa shape index (κ2) is 8.28. The van der Waals surface area contributed by atoms with E-state index in [9.17, 15) is 14.4 Å². The molecule has 0 unspecified atom stereocenters. The minimum absolute atomic E-state index is 0.156. The van der Waals surface area contributed by atoms with Crippen molar-refractivity contribution in [3.8, 4) is 5.75 Å². The normalized spacial score (nSPS) is 14.5. The third kappa shape index (κ3) is 3.83. The number of hydrogen-bond donors (Lipinski definition) is 1. The van der Waals surface area contributed by atoms with Gasteiger partial charge >= 0.3 is 5.97 Å². The molecule has 0 radical (unpaired) electrons. The molecule has 0 spiro atoms. The topological polar surface area (TPSA) is 83.9 Å². The number of amides is 2. The number of carboxylic acids is 1. The molecule has 0 aromatic heterocycles. The molecule has 6 nitrogen and oxygen atoms in total. The smallest absolute Gasteiger partial charge is 0.335 e. The molecule has 4 rings (SSSR count). The van der Waals surface area contributed by atoms with E-state index in [4.69, 9.17) is 9.84 Å². The van der Waals surface area contributed by atoms with Crippen molar-refractivity contribution in [1.29, 1.82) is 0 Å². The lowest BCUT2D eigenvalue weighted by molar-refractivity contribution is -0.112. The van der Waals surface area contributed by atoms with Gasteiger partial charge in [0.05, 0.1) is 17.9 Å². The average Bonchev–Trinajstić information content (AvgIpc) is 2.78. The molecule has 0 saturated heterocycles. The molecule has 1 aliphatic heterocycles. The molecular weight excluding hydrogens is 394 g/mol. The number of rotatable bonds is 5. The van der Waals surface area contributed by atoms with Crippen molar-refractivity contribution in [3.63, 3.8) is 0 Å². The molecular formula is C25H19NO5. The van der Waals surface area contributed by atoms with E-state index in [1.165, 1.54) is 12.1 Å². The molecule has 0 bridgehead atoms. The molecule has 3 aromatic rings. The fourth-order valence-electron chi connectivity index (χ4n) is 3.47. The van der Waals surface area contributed by atoms with Crippen LogP contribution in [0.15, 0.2) is 72.8 Å². The van der Waals surface area contributed by atoms with Gasteiger partial charge in [0.25, 0.3) is 11.8 Å². The minimum atomic E-state index is -1.02. The molecule has 0 atom stereocenters. The summed E-state index contributed by atoms with van der Waals surface area (Å²) in [5, 5.41) is 9.09. The molecule has 0 saturated carbocycles. The second-order valence-electron chi connectivity index (χ2n) is 6.90. The summed E-state index contributed by atoms with van der Waals surface area (Å²) in [6.07, 6.45) is 1.67. The summed E-state index contributed by atoms with van der Waals surface area (Å²) in [5.74, 6) is -1.22. The Morgan fingerprint density at radius 1 is 0.903 bits per heavy atom. The van der Waals surface area contributed by atoms with E-state index < -0.39 is 17.8 Å². The number of nitrogens with zero attached hydrogens (tertiary/aromatic N) is 1. The van der Waals surface area contributed by atoms with Crippen molar-refractivity contribution in [3.05, 3.63) is 95.1 Å². The van der Waals surface area contributed by atoms with Crippen molar-refractivity contribution >= 4 is 35.1 Å². The first-order chi connectivity index (χ1) is 15.0. The summed E-state index contributed by atoms with van der Waals surface area (Å²) in [6.45, 7) is 2.39. The van der Waals surface area contributed by atoms with Gasteiger partial charge < -0.3 is 9.84 Å². The second-order valence-corrected chi connectivity index (χ2v) is 6.90. The summed E-state index contributed by atoms with van der Waals surface area (Å²) >= 11 is 0. The zero-order chi connectivity index (χ0) is 22.0. The van der Waals surface area contributed by atoms with E-state index in [2.05, 4.69) is 0 Å². The number of aromatic carboxylic acids is 1. The number of hydrogen-bond acceptors (Lipinski definition) is 4. The molecule has 0 aliphatic carbocycles. The van der Waals surface area contributed by atoms with Crippen molar-refractivity contribution in [2.24, 2.45) is 0 Å². The SMILES string of the molecule is CCOc1ccc(N2C(=O)/C(=C\c3ccc(C(=O)O)cc3)c3ccccc3C2=O)cc1. The first-order valence-corrected chi connectivity index (χ1v) is 9.75. The highest BCUT2D eigenvalue weighted by Crippen LogP contribution is 2.34. The summed E-state index contributed by atoms with van der Waals surface area (Å²) < 4.78 is 5.44.